The highest BCUT2D eigenvalue weighted by atomic mass is 19.3. The average Bonchev–Trinajstić information content (AvgIpc) is 2.98. The molecular weight excluding hydrogens is 300 g/mol. The third-order valence-electron chi connectivity index (χ3n) is 3.42. The number of rotatable bonds is 7. The van der Waals surface area contributed by atoms with Crippen LogP contribution in [0.15, 0.2) is 36.4 Å². The molecule has 23 heavy (non-hydrogen) atoms. The maximum absolute atomic E-state index is 12.9. The van der Waals surface area contributed by atoms with E-state index >= 15 is 0 Å². The maximum Gasteiger partial charge on any atom is 0.280 e. The number of hydrogen-bond donors (Lipinski definition) is 0. The van der Waals surface area contributed by atoms with Crippen LogP contribution >= 0.6 is 0 Å². The van der Waals surface area contributed by atoms with Crippen molar-refractivity contribution >= 4 is 5.82 Å². The number of nitrogens with zero attached hydrogens (tertiary/aromatic N) is 5. The second-order valence-electron chi connectivity index (χ2n) is 5.39. The molecule has 0 aromatic carbocycles. The monoisotopic (exact) mass is 321 g/mol. The number of aryl methyl sites for hydroxylation is 1. The number of halogens is 2. The van der Waals surface area contributed by atoms with Crippen LogP contribution < -0.4 is 4.90 Å². The highest BCUT2D eigenvalue weighted by Crippen LogP contribution is 2.21. The van der Waals surface area contributed by atoms with E-state index in [0.717, 1.165) is 17.9 Å². The van der Waals surface area contributed by atoms with Gasteiger partial charge in [-0.15, -0.1) is 0 Å². The molecule has 0 unspecified atom stereocenters. The summed E-state index contributed by atoms with van der Waals surface area (Å²) in [5, 5.41) is 0. The molecule has 0 bridgehead atoms. The van der Waals surface area contributed by atoms with Crippen LogP contribution in [0, 0.1) is 0 Å². The van der Waals surface area contributed by atoms with E-state index in [4.69, 9.17) is 0 Å². The number of anilines is 1. The Labute approximate surface area is 134 Å². The number of aromatic nitrogens is 4. The molecule has 0 aliphatic rings. The third-order valence-corrected chi connectivity index (χ3v) is 3.42. The van der Waals surface area contributed by atoms with Crippen molar-refractivity contribution in [1.82, 2.24) is 19.5 Å². The molecule has 5 nitrogen and oxygen atoms in total. The molecule has 0 fully saturated rings. The van der Waals surface area contributed by atoms with Gasteiger partial charge in [0.05, 0.1) is 6.54 Å². The third kappa shape index (κ3) is 4.58. The summed E-state index contributed by atoms with van der Waals surface area (Å²) in [7, 11) is 0. The highest BCUT2D eigenvalue weighted by molar-refractivity contribution is 5.40. The molecule has 2 aromatic rings. The minimum absolute atomic E-state index is 0.268. The Balaban J connectivity index is 2.30. The summed E-state index contributed by atoms with van der Waals surface area (Å²) >= 11 is 0. The van der Waals surface area contributed by atoms with Crippen molar-refractivity contribution in [2.24, 2.45) is 0 Å². The molecule has 0 aliphatic carbocycles. The first-order valence-corrected chi connectivity index (χ1v) is 7.49. The summed E-state index contributed by atoms with van der Waals surface area (Å²) < 4.78 is 27.8. The number of hydrogen-bond acceptors (Lipinski definition) is 4. The largest absolute Gasteiger partial charge is 0.345 e. The average molecular weight is 321 g/mol. The molecule has 124 valence electrons. The highest BCUT2D eigenvalue weighted by Gasteiger charge is 2.15. The lowest BCUT2D eigenvalue weighted by molar-refractivity contribution is 0.146. The van der Waals surface area contributed by atoms with Gasteiger partial charge in [0.15, 0.2) is 0 Å². The van der Waals surface area contributed by atoms with E-state index in [1.807, 2.05) is 42.5 Å². The molecule has 0 spiro atoms. The molecule has 0 atom stereocenters. The lowest BCUT2D eigenvalue weighted by Crippen LogP contribution is -2.26. The van der Waals surface area contributed by atoms with Crippen LogP contribution in [0.5, 0.6) is 0 Å². The first-order chi connectivity index (χ1) is 11.0. The minimum atomic E-state index is -2.61. The standard InChI is InChI=1S/C16H21F2N5/c1-4-22-8-6-19-15(22)10-23(7-5-12(2)3)14-9-13(16(17)18)20-11-21-14/h5-6,8-9,11,16H,4,7,10H2,1-3H3. The molecule has 0 N–H and O–H groups in total. The number of allylic oxidation sites excluding steroid dienone is 1. The Bertz CT molecular complexity index is 662. The fourth-order valence-electron chi connectivity index (χ4n) is 2.14. The Hall–Kier alpha value is -2.31. The van der Waals surface area contributed by atoms with Gasteiger partial charge in [-0.1, -0.05) is 11.6 Å². The fourth-order valence-corrected chi connectivity index (χ4v) is 2.14. The summed E-state index contributed by atoms with van der Waals surface area (Å²) in [6.45, 7) is 7.89. The minimum Gasteiger partial charge on any atom is -0.345 e. The van der Waals surface area contributed by atoms with E-state index in [9.17, 15) is 8.78 Å². The van der Waals surface area contributed by atoms with Crippen LogP contribution in [-0.2, 0) is 13.1 Å². The zero-order valence-corrected chi connectivity index (χ0v) is 13.6. The molecule has 2 heterocycles. The molecule has 2 rings (SSSR count). The quantitative estimate of drug-likeness (QED) is 0.731. The maximum atomic E-state index is 12.9. The van der Waals surface area contributed by atoms with Crippen molar-refractivity contribution < 1.29 is 8.78 Å². The molecule has 7 heteroatoms. The first kappa shape index (κ1) is 17.1. The van der Waals surface area contributed by atoms with E-state index in [-0.39, 0.29) is 5.69 Å². The Kier molecular flexibility index (Phi) is 5.78. The van der Waals surface area contributed by atoms with Crippen molar-refractivity contribution in [1.29, 1.82) is 0 Å². The molecule has 0 saturated carbocycles. The number of imidazole rings is 1. The van der Waals surface area contributed by atoms with Gasteiger partial charge in [-0.2, -0.15) is 0 Å². The van der Waals surface area contributed by atoms with E-state index < -0.39 is 6.43 Å². The van der Waals surface area contributed by atoms with Gasteiger partial charge in [0.1, 0.15) is 23.7 Å². The summed E-state index contributed by atoms with van der Waals surface area (Å²) in [5.74, 6) is 1.34. The Morgan fingerprint density at radius 2 is 2.09 bits per heavy atom. The molecule has 2 aromatic heterocycles. The van der Waals surface area contributed by atoms with Crippen molar-refractivity contribution in [3.63, 3.8) is 0 Å². The predicted octanol–water partition coefficient (Wildman–Crippen LogP) is 3.60. The molecule has 0 aliphatic heterocycles. The molecule has 0 saturated heterocycles. The van der Waals surface area contributed by atoms with Crippen molar-refractivity contribution in [3.8, 4) is 0 Å². The summed E-state index contributed by atoms with van der Waals surface area (Å²) in [6, 6.07) is 1.34. The van der Waals surface area contributed by atoms with Crippen LogP contribution in [0.2, 0.25) is 0 Å². The van der Waals surface area contributed by atoms with Gasteiger partial charge < -0.3 is 9.47 Å². The number of alkyl halides is 2. The van der Waals surface area contributed by atoms with Crippen LogP contribution in [0.4, 0.5) is 14.6 Å². The van der Waals surface area contributed by atoms with Gasteiger partial charge >= 0.3 is 0 Å². The van der Waals surface area contributed by atoms with E-state index in [1.54, 1.807) is 6.20 Å². The lowest BCUT2D eigenvalue weighted by atomic mass is 10.3. The van der Waals surface area contributed by atoms with Gasteiger partial charge in [-0.25, -0.2) is 23.7 Å². The van der Waals surface area contributed by atoms with Crippen molar-refractivity contribution in [2.75, 3.05) is 11.4 Å². The Morgan fingerprint density at radius 3 is 2.74 bits per heavy atom. The topological polar surface area (TPSA) is 46.8 Å². The summed E-state index contributed by atoms with van der Waals surface area (Å²) in [6.07, 6.45) is 4.24. The second-order valence-corrected chi connectivity index (χ2v) is 5.39. The zero-order valence-electron chi connectivity index (χ0n) is 13.6. The normalized spacial score (nSPS) is 10.9. The smallest absolute Gasteiger partial charge is 0.280 e. The SMILES string of the molecule is CCn1ccnc1CN(CC=C(C)C)c1cc(C(F)F)ncn1. The van der Waals surface area contributed by atoms with E-state index in [1.165, 1.54) is 12.4 Å². The molecule has 0 radical (unpaired) electrons. The Morgan fingerprint density at radius 1 is 1.30 bits per heavy atom. The van der Waals surface area contributed by atoms with Crippen molar-refractivity contribution in [3.05, 3.63) is 48.0 Å². The van der Waals surface area contributed by atoms with Gasteiger partial charge in [-0.3, -0.25) is 0 Å². The second kappa shape index (κ2) is 7.80. The van der Waals surface area contributed by atoms with Crippen LogP contribution in [0.3, 0.4) is 0 Å². The van der Waals surface area contributed by atoms with Crippen molar-refractivity contribution in [2.45, 2.75) is 40.3 Å². The van der Waals surface area contributed by atoms with Gasteiger partial charge in [0.2, 0.25) is 0 Å². The first-order valence-electron chi connectivity index (χ1n) is 7.49. The van der Waals surface area contributed by atoms with Crippen LogP contribution in [-0.4, -0.2) is 26.1 Å². The van der Waals surface area contributed by atoms with Gasteiger partial charge in [-0.05, 0) is 20.8 Å². The van der Waals surface area contributed by atoms with Gasteiger partial charge in [0, 0.05) is 31.5 Å². The predicted molar refractivity (Wildman–Crippen MR) is 85.4 cm³/mol. The van der Waals surface area contributed by atoms with Crippen LogP contribution in [0.1, 0.15) is 38.7 Å². The summed E-state index contributed by atoms with van der Waals surface area (Å²) in [5.41, 5.74) is 0.882. The van der Waals surface area contributed by atoms with Gasteiger partial charge in [0.25, 0.3) is 6.43 Å². The lowest BCUT2D eigenvalue weighted by Gasteiger charge is -2.22. The molecule has 0 amide bonds. The van der Waals surface area contributed by atoms with E-state index in [2.05, 4.69) is 15.0 Å². The fraction of sp³-hybridized carbons (Fsp3) is 0.438. The van der Waals surface area contributed by atoms with Crippen LogP contribution in [0.25, 0.3) is 0 Å². The summed E-state index contributed by atoms with van der Waals surface area (Å²) in [4.78, 5) is 14.0. The zero-order chi connectivity index (χ0) is 16.8. The molecular formula is C16H21F2N5. The van der Waals surface area contributed by atoms with E-state index in [0.29, 0.717) is 18.9 Å².